The van der Waals surface area contributed by atoms with Crippen molar-refractivity contribution in [2.75, 3.05) is 13.1 Å². The molecule has 17 heavy (non-hydrogen) atoms. The van der Waals surface area contributed by atoms with Gasteiger partial charge in [0.15, 0.2) is 0 Å². The zero-order valence-corrected chi connectivity index (χ0v) is 10.4. The van der Waals surface area contributed by atoms with E-state index < -0.39 is 6.68 Å². The molecule has 1 aromatic rings. The van der Waals surface area contributed by atoms with Crippen LogP contribution in [0.3, 0.4) is 0 Å². The zero-order valence-electron chi connectivity index (χ0n) is 8.90. The Morgan fingerprint density at radius 2 is 1.65 bits per heavy atom. The maximum absolute atomic E-state index is 9.67. The first-order chi connectivity index (χ1) is 7.99. The number of hydrogen-bond acceptors (Lipinski definition) is 1. The van der Waals surface area contributed by atoms with Crippen molar-refractivity contribution in [3.8, 4) is 0 Å². The molecule has 1 aromatic carbocycles. The highest BCUT2D eigenvalue weighted by atomic mass is 35.5. The van der Waals surface area contributed by atoms with E-state index in [-0.39, 0.29) is 0 Å². The molecule has 1 atom stereocenters. The van der Waals surface area contributed by atoms with Gasteiger partial charge in [0.25, 0.3) is 0 Å². The van der Waals surface area contributed by atoms with Gasteiger partial charge in [0.05, 0.1) is 0 Å². The number of hydrogen-bond donors (Lipinski definition) is 1. The van der Waals surface area contributed by atoms with Gasteiger partial charge >= 0.3 is 6.68 Å². The maximum atomic E-state index is 9.67. The highest BCUT2D eigenvalue weighted by Crippen LogP contribution is 2.27. The molecule has 6 heteroatoms. The fourth-order valence-electron chi connectivity index (χ4n) is 1.75. The molecule has 1 N–H and O–H groups in total. The van der Waals surface area contributed by atoms with E-state index in [0.29, 0.717) is 5.92 Å². The summed E-state index contributed by atoms with van der Waals surface area (Å²) >= 11 is 11.8. The Balaban J connectivity index is 0.000000317. The van der Waals surface area contributed by atoms with Crippen LogP contribution in [-0.4, -0.2) is 19.8 Å². The van der Waals surface area contributed by atoms with E-state index in [2.05, 4.69) is 5.32 Å². The molecule has 1 heterocycles. The minimum atomic E-state index is -3.67. The Morgan fingerprint density at radius 3 is 2.06 bits per heavy atom. The monoisotopic (exact) mass is 285 g/mol. The second-order valence-electron chi connectivity index (χ2n) is 3.64. The van der Waals surface area contributed by atoms with Crippen molar-refractivity contribution >= 4 is 23.2 Å². The molecule has 0 spiro atoms. The Hall–Kier alpha value is -0.450. The molecule has 1 nitrogen and oxygen atoms in total. The van der Waals surface area contributed by atoms with E-state index in [0.717, 1.165) is 23.1 Å². The molecule has 0 bridgehead atoms. The molecule has 0 saturated carbocycles. The predicted molar refractivity (Wildman–Crippen MR) is 63.8 cm³/mol. The van der Waals surface area contributed by atoms with Gasteiger partial charge in [-0.15, -0.1) is 0 Å². The lowest BCUT2D eigenvalue weighted by Crippen LogP contribution is -2.07. The van der Waals surface area contributed by atoms with E-state index in [1.165, 1.54) is 12.0 Å². The van der Waals surface area contributed by atoms with Crippen molar-refractivity contribution in [3.63, 3.8) is 0 Å². The van der Waals surface area contributed by atoms with Gasteiger partial charge in [-0.05, 0) is 42.6 Å². The minimum Gasteiger partial charge on any atom is -0.316 e. The fraction of sp³-hybridized carbons (Fsp3) is 0.455. The van der Waals surface area contributed by atoms with Crippen LogP contribution in [0.5, 0.6) is 0 Å². The number of rotatable bonds is 1. The van der Waals surface area contributed by atoms with Gasteiger partial charge in [-0.1, -0.05) is 23.2 Å². The van der Waals surface area contributed by atoms with E-state index in [1.807, 2.05) is 12.1 Å². The Kier molecular flexibility index (Phi) is 6.09. The number of alkyl halides is 3. The summed E-state index contributed by atoms with van der Waals surface area (Å²) < 4.78 is 29.0. The number of halogens is 5. The van der Waals surface area contributed by atoms with Crippen LogP contribution in [0.1, 0.15) is 17.9 Å². The lowest BCUT2D eigenvalue weighted by atomic mass is 9.99. The van der Waals surface area contributed by atoms with Crippen LogP contribution in [0.15, 0.2) is 18.2 Å². The normalized spacial score (nSPS) is 19.1. The van der Waals surface area contributed by atoms with Crippen LogP contribution < -0.4 is 5.32 Å². The van der Waals surface area contributed by atoms with Crippen molar-refractivity contribution in [3.05, 3.63) is 33.8 Å². The van der Waals surface area contributed by atoms with Crippen LogP contribution in [0.25, 0.3) is 0 Å². The van der Waals surface area contributed by atoms with E-state index >= 15 is 0 Å². The van der Waals surface area contributed by atoms with Gasteiger partial charge < -0.3 is 5.32 Å². The zero-order chi connectivity index (χ0) is 12.8. The van der Waals surface area contributed by atoms with Crippen LogP contribution >= 0.6 is 23.2 Å². The summed E-state index contributed by atoms with van der Waals surface area (Å²) in [5.41, 5.74) is 1.25. The standard InChI is InChI=1S/C10H11Cl2N.CHF3/c11-9-3-8(4-10(12)5-9)7-1-2-13-6-7;2-1(3)4/h3-5,7,13H,1-2,6H2;1H. The van der Waals surface area contributed by atoms with Crippen molar-refractivity contribution in [2.45, 2.75) is 19.0 Å². The Labute approximate surface area is 108 Å². The number of benzene rings is 1. The topological polar surface area (TPSA) is 12.0 Å². The molecule has 1 aliphatic heterocycles. The average molecular weight is 286 g/mol. The molecule has 0 amide bonds. The molecule has 1 fully saturated rings. The molecule has 1 unspecified atom stereocenters. The van der Waals surface area contributed by atoms with Crippen molar-refractivity contribution in [1.29, 1.82) is 0 Å². The van der Waals surface area contributed by atoms with Crippen molar-refractivity contribution in [2.24, 2.45) is 0 Å². The van der Waals surface area contributed by atoms with E-state index in [4.69, 9.17) is 23.2 Å². The largest absolute Gasteiger partial charge is 0.379 e. The summed E-state index contributed by atoms with van der Waals surface area (Å²) in [4.78, 5) is 0. The quantitative estimate of drug-likeness (QED) is 0.813. The molecule has 0 aromatic heterocycles. The molecule has 96 valence electrons. The number of nitrogens with one attached hydrogen (secondary N) is 1. The van der Waals surface area contributed by atoms with Crippen LogP contribution in [0.4, 0.5) is 13.2 Å². The summed E-state index contributed by atoms with van der Waals surface area (Å²) in [6.45, 7) is -1.54. The average Bonchev–Trinajstić information content (AvgIpc) is 2.67. The van der Waals surface area contributed by atoms with Gasteiger partial charge in [0, 0.05) is 16.6 Å². The summed E-state index contributed by atoms with van der Waals surface area (Å²) in [5.74, 6) is 0.580. The second kappa shape index (κ2) is 7.09. The first kappa shape index (κ1) is 14.6. The molecule has 0 radical (unpaired) electrons. The summed E-state index contributed by atoms with van der Waals surface area (Å²) in [6, 6.07) is 5.78. The second-order valence-corrected chi connectivity index (χ2v) is 4.51. The van der Waals surface area contributed by atoms with Crippen molar-refractivity contribution in [1.82, 2.24) is 5.32 Å². The third-order valence-electron chi connectivity index (χ3n) is 2.42. The van der Waals surface area contributed by atoms with Crippen LogP contribution in [-0.2, 0) is 0 Å². The fourth-order valence-corrected chi connectivity index (χ4v) is 2.29. The molecular weight excluding hydrogens is 274 g/mol. The van der Waals surface area contributed by atoms with E-state index in [9.17, 15) is 13.2 Å². The van der Waals surface area contributed by atoms with E-state index in [1.54, 1.807) is 6.07 Å². The SMILES string of the molecule is Clc1cc(Cl)cc(C2CCNC2)c1.FC(F)F. The van der Waals surface area contributed by atoms with Crippen LogP contribution in [0, 0.1) is 0 Å². The Morgan fingerprint density at radius 1 is 1.12 bits per heavy atom. The summed E-state index contributed by atoms with van der Waals surface area (Å²) in [6.07, 6.45) is 1.18. The first-order valence-corrected chi connectivity index (χ1v) is 5.83. The molecule has 1 aliphatic rings. The molecule has 0 aliphatic carbocycles. The third-order valence-corrected chi connectivity index (χ3v) is 2.85. The van der Waals surface area contributed by atoms with Gasteiger partial charge in [0.2, 0.25) is 0 Å². The van der Waals surface area contributed by atoms with Crippen molar-refractivity contribution < 1.29 is 13.2 Å². The molecular formula is C11H12Cl2F3N. The Bertz CT molecular complexity index is 332. The minimum absolute atomic E-state index is 0.580. The molecule has 1 saturated heterocycles. The molecule has 2 rings (SSSR count). The van der Waals surface area contributed by atoms with Gasteiger partial charge in [-0.2, -0.15) is 13.2 Å². The van der Waals surface area contributed by atoms with Gasteiger partial charge in [0.1, 0.15) is 0 Å². The van der Waals surface area contributed by atoms with Gasteiger partial charge in [-0.3, -0.25) is 0 Å². The first-order valence-electron chi connectivity index (χ1n) is 5.08. The lowest BCUT2D eigenvalue weighted by molar-refractivity contribution is 0.00819. The summed E-state index contributed by atoms with van der Waals surface area (Å²) in [7, 11) is 0. The van der Waals surface area contributed by atoms with Gasteiger partial charge in [-0.25, -0.2) is 0 Å². The lowest BCUT2D eigenvalue weighted by Gasteiger charge is -2.09. The highest BCUT2D eigenvalue weighted by molar-refractivity contribution is 6.34. The van der Waals surface area contributed by atoms with Crippen LogP contribution in [0.2, 0.25) is 10.0 Å². The predicted octanol–water partition coefficient (Wildman–Crippen LogP) is 4.25. The highest BCUT2D eigenvalue weighted by Gasteiger charge is 2.16. The maximum Gasteiger partial charge on any atom is 0.379 e. The smallest absolute Gasteiger partial charge is 0.316 e. The third kappa shape index (κ3) is 5.61. The summed E-state index contributed by atoms with van der Waals surface area (Å²) in [5, 5.41) is 4.79.